The number of hydrazine groups is 1. The molecule has 1 aromatic rings. The van der Waals surface area contributed by atoms with Crippen LogP contribution in [0.25, 0.3) is 0 Å². The molecule has 0 aliphatic carbocycles. The number of carbonyl (C=O) groups is 1. The molecule has 19 heavy (non-hydrogen) atoms. The molecule has 0 aromatic heterocycles. The van der Waals surface area contributed by atoms with E-state index in [1.54, 1.807) is 0 Å². The summed E-state index contributed by atoms with van der Waals surface area (Å²) in [5, 5.41) is 0. The number of hydrogen-bond acceptors (Lipinski definition) is 4. The molecule has 0 saturated heterocycles. The maximum atomic E-state index is 12.8. The van der Waals surface area contributed by atoms with E-state index in [1.165, 1.54) is 18.2 Å². The summed E-state index contributed by atoms with van der Waals surface area (Å²) in [6, 6.07) is 3.85. The van der Waals surface area contributed by atoms with Gasteiger partial charge in [-0.2, -0.15) is 0 Å². The SMILES string of the molecule is CC(C)(C)NNC(=O)c1ccc2c(c1)OC(F)(F)O2. The minimum Gasteiger partial charge on any atom is -0.395 e. The third-order valence-electron chi connectivity index (χ3n) is 2.21. The predicted molar refractivity (Wildman–Crippen MR) is 63.0 cm³/mol. The van der Waals surface area contributed by atoms with Gasteiger partial charge in [0.05, 0.1) is 0 Å². The third-order valence-corrected chi connectivity index (χ3v) is 2.21. The number of benzene rings is 1. The number of fused-ring (bicyclic) bond motifs is 1. The number of alkyl halides is 2. The Balaban J connectivity index is 2.10. The second kappa shape index (κ2) is 4.34. The fourth-order valence-corrected chi connectivity index (χ4v) is 1.41. The number of carbonyl (C=O) groups excluding carboxylic acids is 1. The summed E-state index contributed by atoms with van der Waals surface area (Å²) >= 11 is 0. The van der Waals surface area contributed by atoms with Crippen LogP contribution in [0.1, 0.15) is 31.1 Å². The van der Waals surface area contributed by atoms with Gasteiger partial charge in [0.1, 0.15) is 0 Å². The van der Waals surface area contributed by atoms with E-state index < -0.39 is 12.2 Å². The van der Waals surface area contributed by atoms with Crippen LogP contribution in [0, 0.1) is 0 Å². The summed E-state index contributed by atoms with van der Waals surface area (Å²) in [5.74, 6) is -0.699. The molecule has 0 spiro atoms. The van der Waals surface area contributed by atoms with Crippen molar-refractivity contribution in [3.8, 4) is 11.5 Å². The zero-order valence-corrected chi connectivity index (χ0v) is 10.7. The van der Waals surface area contributed by atoms with Gasteiger partial charge in [-0.05, 0) is 39.0 Å². The van der Waals surface area contributed by atoms with Crippen LogP contribution in [-0.4, -0.2) is 17.7 Å². The molecule has 104 valence electrons. The molecule has 0 fully saturated rings. The van der Waals surface area contributed by atoms with Gasteiger partial charge in [0.2, 0.25) is 0 Å². The number of hydrogen-bond donors (Lipinski definition) is 2. The number of nitrogens with one attached hydrogen (secondary N) is 2. The van der Waals surface area contributed by atoms with E-state index in [0.717, 1.165) is 0 Å². The Labute approximate surface area is 108 Å². The monoisotopic (exact) mass is 272 g/mol. The van der Waals surface area contributed by atoms with Crippen molar-refractivity contribution in [2.75, 3.05) is 0 Å². The molecule has 1 aliphatic rings. The Hall–Kier alpha value is -1.89. The first-order valence-electron chi connectivity index (χ1n) is 5.64. The van der Waals surface area contributed by atoms with Crippen molar-refractivity contribution in [2.45, 2.75) is 32.6 Å². The van der Waals surface area contributed by atoms with Gasteiger partial charge in [0.15, 0.2) is 11.5 Å². The van der Waals surface area contributed by atoms with Crippen LogP contribution < -0.4 is 20.3 Å². The van der Waals surface area contributed by atoms with Crippen molar-refractivity contribution in [1.29, 1.82) is 0 Å². The quantitative estimate of drug-likeness (QED) is 0.809. The smallest absolute Gasteiger partial charge is 0.395 e. The Bertz CT molecular complexity index is 512. The highest BCUT2D eigenvalue weighted by Gasteiger charge is 2.43. The van der Waals surface area contributed by atoms with Crippen LogP contribution in [-0.2, 0) is 0 Å². The van der Waals surface area contributed by atoms with E-state index >= 15 is 0 Å². The van der Waals surface area contributed by atoms with Crippen LogP contribution in [0.3, 0.4) is 0 Å². The van der Waals surface area contributed by atoms with Gasteiger partial charge in [-0.3, -0.25) is 10.2 Å². The highest BCUT2D eigenvalue weighted by molar-refractivity contribution is 5.94. The van der Waals surface area contributed by atoms with Gasteiger partial charge in [0, 0.05) is 11.1 Å². The van der Waals surface area contributed by atoms with E-state index in [-0.39, 0.29) is 22.6 Å². The maximum absolute atomic E-state index is 12.8. The minimum absolute atomic E-state index is 0.0923. The lowest BCUT2D eigenvalue weighted by molar-refractivity contribution is -0.286. The van der Waals surface area contributed by atoms with Crippen molar-refractivity contribution in [3.63, 3.8) is 0 Å². The second-order valence-electron chi connectivity index (χ2n) is 5.16. The molecule has 0 radical (unpaired) electrons. The fraction of sp³-hybridized carbons (Fsp3) is 0.417. The lowest BCUT2D eigenvalue weighted by Gasteiger charge is -2.20. The lowest BCUT2D eigenvalue weighted by Crippen LogP contribution is -2.48. The molecule has 0 unspecified atom stereocenters. The summed E-state index contributed by atoms with van der Waals surface area (Å²) in [6.07, 6.45) is -3.68. The van der Waals surface area contributed by atoms with Crippen molar-refractivity contribution in [2.24, 2.45) is 0 Å². The highest BCUT2D eigenvalue weighted by Crippen LogP contribution is 2.41. The first-order valence-corrected chi connectivity index (χ1v) is 5.64. The molecule has 7 heteroatoms. The van der Waals surface area contributed by atoms with E-state index in [0.29, 0.717) is 0 Å². The molecule has 2 N–H and O–H groups in total. The minimum atomic E-state index is -3.68. The van der Waals surface area contributed by atoms with Gasteiger partial charge < -0.3 is 9.47 Å². The zero-order chi connectivity index (χ0) is 14.3. The predicted octanol–water partition coefficient (Wildman–Crippen LogP) is 2.04. The van der Waals surface area contributed by atoms with Crippen LogP contribution >= 0.6 is 0 Å². The molecule has 1 heterocycles. The van der Waals surface area contributed by atoms with Crippen molar-refractivity contribution in [3.05, 3.63) is 23.8 Å². The van der Waals surface area contributed by atoms with E-state index in [4.69, 9.17) is 0 Å². The van der Waals surface area contributed by atoms with E-state index in [1.807, 2.05) is 20.8 Å². The molecule has 0 atom stereocenters. The normalized spacial score (nSPS) is 16.3. The van der Waals surface area contributed by atoms with Crippen LogP contribution in [0.4, 0.5) is 8.78 Å². The molecular weight excluding hydrogens is 258 g/mol. The summed E-state index contributed by atoms with van der Waals surface area (Å²) in [6.45, 7) is 5.61. The van der Waals surface area contributed by atoms with E-state index in [9.17, 15) is 13.6 Å². The van der Waals surface area contributed by atoms with Gasteiger partial charge in [-0.15, -0.1) is 8.78 Å². The molecule has 1 aliphatic heterocycles. The Morgan fingerprint density at radius 3 is 2.47 bits per heavy atom. The first-order chi connectivity index (χ1) is 8.66. The fourth-order valence-electron chi connectivity index (χ4n) is 1.41. The molecule has 0 saturated carbocycles. The van der Waals surface area contributed by atoms with Crippen molar-refractivity contribution >= 4 is 5.91 Å². The number of amides is 1. The lowest BCUT2D eigenvalue weighted by atomic mass is 10.1. The third kappa shape index (κ3) is 3.31. The van der Waals surface area contributed by atoms with E-state index in [2.05, 4.69) is 20.3 Å². The maximum Gasteiger partial charge on any atom is 0.586 e. The first kappa shape index (κ1) is 13.5. The average molecular weight is 272 g/mol. The molecule has 5 nitrogen and oxygen atoms in total. The van der Waals surface area contributed by atoms with Crippen LogP contribution in [0.2, 0.25) is 0 Å². The Kier molecular flexibility index (Phi) is 3.09. The van der Waals surface area contributed by atoms with Crippen LogP contribution in [0.5, 0.6) is 11.5 Å². The largest absolute Gasteiger partial charge is 0.586 e. The Morgan fingerprint density at radius 1 is 1.21 bits per heavy atom. The highest BCUT2D eigenvalue weighted by atomic mass is 19.3. The van der Waals surface area contributed by atoms with Gasteiger partial charge in [-0.1, -0.05) is 0 Å². The number of halogens is 2. The van der Waals surface area contributed by atoms with Crippen molar-refractivity contribution in [1.82, 2.24) is 10.9 Å². The summed E-state index contributed by atoms with van der Waals surface area (Å²) < 4.78 is 34.1. The summed E-state index contributed by atoms with van der Waals surface area (Å²) in [5.41, 5.74) is 5.15. The molecule has 1 amide bonds. The standard InChI is InChI=1S/C12H14F2N2O3/c1-11(2,3)16-15-10(17)7-4-5-8-9(6-7)19-12(13,14)18-8/h4-6,16H,1-3H3,(H,15,17). The van der Waals surface area contributed by atoms with Gasteiger partial charge in [-0.25, -0.2) is 5.43 Å². The molecule has 2 rings (SSSR count). The average Bonchev–Trinajstić information content (AvgIpc) is 2.57. The van der Waals surface area contributed by atoms with Gasteiger partial charge >= 0.3 is 6.29 Å². The summed E-state index contributed by atoms with van der Waals surface area (Å²) in [7, 11) is 0. The zero-order valence-electron chi connectivity index (χ0n) is 10.7. The van der Waals surface area contributed by atoms with Crippen LogP contribution in [0.15, 0.2) is 18.2 Å². The Morgan fingerprint density at radius 2 is 1.84 bits per heavy atom. The number of rotatable bonds is 2. The molecule has 1 aromatic carbocycles. The topological polar surface area (TPSA) is 59.6 Å². The molecular formula is C12H14F2N2O3. The van der Waals surface area contributed by atoms with Gasteiger partial charge in [0.25, 0.3) is 5.91 Å². The van der Waals surface area contributed by atoms with Crippen molar-refractivity contribution < 1.29 is 23.0 Å². The molecule has 0 bridgehead atoms. The number of ether oxygens (including phenoxy) is 2. The second-order valence-corrected chi connectivity index (χ2v) is 5.16. The summed E-state index contributed by atoms with van der Waals surface area (Å²) in [4.78, 5) is 11.8.